The van der Waals surface area contributed by atoms with E-state index in [4.69, 9.17) is 23.2 Å². The molecule has 23 heavy (non-hydrogen) atoms. The van der Waals surface area contributed by atoms with Crippen molar-refractivity contribution in [2.24, 2.45) is 0 Å². The predicted octanol–water partition coefficient (Wildman–Crippen LogP) is 3.65. The van der Waals surface area contributed by atoms with Crippen LogP contribution in [0.1, 0.15) is 30.5 Å². The van der Waals surface area contributed by atoms with Gasteiger partial charge in [0.2, 0.25) is 0 Å². The van der Waals surface area contributed by atoms with Crippen LogP contribution in [0, 0.1) is 6.92 Å². The molecule has 0 heterocycles. The summed E-state index contributed by atoms with van der Waals surface area (Å²) in [5.41, 5.74) is 2.14. The van der Waals surface area contributed by atoms with Crippen molar-refractivity contribution < 1.29 is 14.7 Å². The predicted molar refractivity (Wildman–Crippen MR) is 99.2 cm³/mol. The summed E-state index contributed by atoms with van der Waals surface area (Å²) in [6.07, 6.45) is 1.25. The third-order valence-electron chi connectivity index (χ3n) is 4.20. The quantitative estimate of drug-likeness (QED) is 0.715. The number of hydrogen-bond donors (Lipinski definition) is 3. The van der Waals surface area contributed by atoms with E-state index >= 15 is 0 Å². The summed E-state index contributed by atoms with van der Waals surface area (Å²) in [4.78, 5) is 32.6. The van der Waals surface area contributed by atoms with Crippen molar-refractivity contribution in [1.82, 2.24) is 0 Å². The van der Waals surface area contributed by atoms with Crippen molar-refractivity contribution in [3.63, 3.8) is 0 Å². The van der Waals surface area contributed by atoms with Crippen LogP contribution in [-0.4, -0.2) is 14.7 Å². The van der Waals surface area contributed by atoms with E-state index in [1.165, 1.54) is 12.1 Å². The molecule has 0 aliphatic heterocycles. The summed E-state index contributed by atoms with van der Waals surface area (Å²) in [7, 11) is -5.25. The average Bonchev–Trinajstić information content (AvgIpc) is 2.47. The Kier molecular flexibility index (Phi) is 5.13. The Hall–Kier alpha value is -0.670. The third kappa shape index (κ3) is 3.28. The molecule has 3 nitrogen and oxygen atoms in total. The van der Waals surface area contributed by atoms with Crippen LogP contribution in [0.5, 0.6) is 0 Å². The topological polar surface area (TPSA) is 60.7 Å². The number of aryl methyl sites for hydroxylation is 1. The zero-order valence-electron chi connectivity index (χ0n) is 13.3. The fourth-order valence-electron chi connectivity index (χ4n) is 2.82. The molecule has 0 saturated carbocycles. The van der Waals surface area contributed by atoms with Crippen LogP contribution < -0.4 is 10.6 Å². The van der Waals surface area contributed by atoms with Gasteiger partial charge in [-0.1, -0.05) is 0 Å². The summed E-state index contributed by atoms with van der Waals surface area (Å²) in [5, 5.41) is 1.27. The van der Waals surface area contributed by atoms with Gasteiger partial charge in [0.05, 0.1) is 0 Å². The van der Waals surface area contributed by atoms with Gasteiger partial charge in [-0.2, -0.15) is 0 Å². The van der Waals surface area contributed by atoms with Gasteiger partial charge in [0, 0.05) is 0 Å². The van der Waals surface area contributed by atoms with E-state index in [0.29, 0.717) is 28.5 Å². The van der Waals surface area contributed by atoms with E-state index in [1.807, 2.05) is 13.8 Å². The molecule has 0 atom stereocenters. The Bertz CT molecular complexity index is 751. The molecule has 2 aromatic rings. The standard InChI is InChI=1S/C17H21Cl2O3P/c1-4-12-10-13(6-7-15(12)18)23(20,21,22)17-9-8-16(19)14(5-2)11(17)3/h6-10,20-22H,4-5H2,1-3H3. The average molecular weight is 375 g/mol. The molecular weight excluding hydrogens is 354 g/mol. The second-order valence-electron chi connectivity index (χ2n) is 5.63. The van der Waals surface area contributed by atoms with Gasteiger partial charge in [-0.15, -0.1) is 0 Å². The minimum atomic E-state index is -5.25. The van der Waals surface area contributed by atoms with E-state index < -0.39 is 7.28 Å². The molecule has 0 radical (unpaired) electrons. The number of rotatable bonds is 4. The summed E-state index contributed by atoms with van der Waals surface area (Å²) in [6, 6.07) is 7.66. The van der Waals surface area contributed by atoms with Crippen LogP contribution in [0.3, 0.4) is 0 Å². The van der Waals surface area contributed by atoms with E-state index in [9.17, 15) is 14.7 Å². The molecule has 6 heteroatoms. The fraction of sp³-hybridized carbons (Fsp3) is 0.294. The molecule has 2 aromatic carbocycles. The molecule has 0 aliphatic rings. The number of halogens is 2. The first kappa shape index (κ1) is 18.7. The van der Waals surface area contributed by atoms with Crippen molar-refractivity contribution in [2.75, 3.05) is 0 Å². The summed E-state index contributed by atoms with van der Waals surface area (Å²) in [5.74, 6) is 0. The van der Waals surface area contributed by atoms with Gasteiger partial charge in [-0.25, -0.2) is 0 Å². The zero-order chi connectivity index (χ0) is 17.4. The molecule has 0 fully saturated rings. The van der Waals surface area contributed by atoms with Crippen LogP contribution in [0.25, 0.3) is 0 Å². The maximum atomic E-state index is 10.9. The molecule has 0 aromatic heterocycles. The second kappa shape index (κ2) is 6.33. The summed E-state index contributed by atoms with van der Waals surface area (Å²) >= 11 is 12.3. The van der Waals surface area contributed by atoms with Gasteiger partial charge in [0.25, 0.3) is 0 Å². The van der Waals surface area contributed by atoms with Gasteiger partial charge in [0.1, 0.15) is 0 Å². The van der Waals surface area contributed by atoms with Gasteiger partial charge in [0.15, 0.2) is 0 Å². The van der Waals surface area contributed by atoms with Crippen LogP contribution in [-0.2, 0) is 12.8 Å². The molecule has 0 saturated heterocycles. The van der Waals surface area contributed by atoms with Crippen molar-refractivity contribution in [2.45, 2.75) is 33.6 Å². The Morgan fingerprint density at radius 3 is 2.09 bits per heavy atom. The SMILES string of the molecule is CCc1cc(P(O)(O)(O)c2ccc(Cl)c(CC)c2C)ccc1Cl. The molecule has 0 spiro atoms. The first-order valence-corrected chi connectivity index (χ1v) is 10.3. The number of benzene rings is 2. The molecule has 0 unspecified atom stereocenters. The first-order chi connectivity index (χ1) is 10.6. The molecule has 2 rings (SSSR count). The first-order valence-electron chi connectivity index (χ1n) is 7.45. The van der Waals surface area contributed by atoms with Crippen LogP contribution in [0.4, 0.5) is 0 Å². The third-order valence-corrected chi connectivity index (χ3v) is 7.52. The van der Waals surface area contributed by atoms with Gasteiger partial charge >= 0.3 is 146 Å². The van der Waals surface area contributed by atoms with Crippen molar-refractivity contribution >= 4 is 41.1 Å². The Morgan fingerprint density at radius 2 is 1.52 bits per heavy atom. The van der Waals surface area contributed by atoms with Crippen molar-refractivity contribution in [3.8, 4) is 0 Å². The molecule has 0 amide bonds. The molecule has 0 aliphatic carbocycles. The van der Waals surface area contributed by atoms with Gasteiger partial charge in [-0.05, 0) is 0 Å². The van der Waals surface area contributed by atoms with Crippen LogP contribution in [0.2, 0.25) is 10.0 Å². The van der Waals surface area contributed by atoms with Crippen LogP contribution in [0.15, 0.2) is 30.3 Å². The molecule has 3 N–H and O–H groups in total. The maximum absolute atomic E-state index is 10.9. The van der Waals surface area contributed by atoms with E-state index in [2.05, 4.69) is 0 Å². The van der Waals surface area contributed by atoms with Gasteiger partial charge in [-0.3, -0.25) is 0 Å². The Morgan fingerprint density at radius 1 is 0.913 bits per heavy atom. The summed E-state index contributed by atoms with van der Waals surface area (Å²) in [6.45, 7) is 5.58. The van der Waals surface area contributed by atoms with Crippen LogP contribution >= 0.6 is 30.5 Å². The van der Waals surface area contributed by atoms with E-state index in [1.54, 1.807) is 25.1 Å². The minimum absolute atomic E-state index is 0.0738. The monoisotopic (exact) mass is 374 g/mol. The Labute approximate surface area is 146 Å². The second-order valence-corrected chi connectivity index (χ2v) is 9.41. The van der Waals surface area contributed by atoms with Crippen molar-refractivity contribution in [3.05, 3.63) is 57.1 Å². The normalized spacial score (nSPS) is 13.7. The Balaban J connectivity index is 2.73. The number of hydrogen-bond acceptors (Lipinski definition) is 3. The van der Waals surface area contributed by atoms with E-state index in [0.717, 1.165) is 11.1 Å². The van der Waals surface area contributed by atoms with Gasteiger partial charge < -0.3 is 0 Å². The molecular formula is C17H21Cl2O3P. The molecule has 126 valence electrons. The fourth-order valence-corrected chi connectivity index (χ4v) is 5.53. The van der Waals surface area contributed by atoms with E-state index in [-0.39, 0.29) is 10.6 Å². The summed E-state index contributed by atoms with van der Waals surface area (Å²) < 4.78 is 0. The zero-order valence-corrected chi connectivity index (χ0v) is 15.8. The molecule has 0 bridgehead atoms. The van der Waals surface area contributed by atoms with Crippen molar-refractivity contribution in [1.29, 1.82) is 0 Å².